The van der Waals surface area contributed by atoms with Gasteiger partial charge in [-0.3, -0.25) is 0 Å². The number of hydrogen-bond donors (Lipinski definition) is 1. The lowest BCUT2D eigenvalue weighted by Gasteiger charge is -2.19. The summed E-state index contributed by atoms with van der Waals surface area (Å²) in [6.45, 7) is 6.12. The van der Waals surface area contributed by atoms with E-state index in [0.717, 1.165) is 30.2 Å². The van der Waals surface area contributed by atoms with Gasteiger partial charge in [-0.05, 0) is 49.7 Å². The molecule has 0 saturated carbocycles. The van der Waals surface area contributed by atoms with Crippen LogP contribution < -0.4 is 14.8 Å². The van der Waals surface area contributed by atoms with Gasteiger partial charge >= 0.3 is 0 Å². The highest BCUT2D eigenvalue weighted by atomic mass is 16.5. The molecule has 4 heteroatoms. The maximum absolute atomic E-state index is 6.03. The van der Waals surface area contributed by atoms with Crippen LogP contribution >= 0.6 is 0 Å². The molecule has 0 aliphatic heterocycles. The Morgan fingerprint density at radius 1 is 0.917 bits per heavy atom. The highest BCUT2D eigenvalue weighted by Crippen LogP contribution is 2.17. The van der Waals surface area contributed by atoms with Crippen LogP contribution in [-0.2, 0) is 4.74 Å². The Kier molecular flexibility index (Phi) is 7.43. The van der Waals surface area contributed by atoms with E-state index in [4.69, 9.17) is 14.2 Å². The topological polar surface area (TPSA) is 39.7 Å². The second-order valence-electron chi connectivity index (χ2n) is 5.71. The minimum atomic E-state index is 0.130. The molecule has 130 valence electrons. The van der Waals surface area contributed by atoms with E-state index in [-0.39, 0.29) is 6.10 Å². The molecule has 0 spiro atoms. The van der Waals surface area contributed by atoms with Crippen LogP contribution in [0.2, 0.25) is 0 Å². The molecular formula is C20H27NO3. The molecule has 0 fully saturated rings. The Morgan fingerprint density at radius 3 is 2.21 bits per heavy atom. The van der Waals surface area contributed by atoms with E-state index in [0.29, 0.717) is 13.2 Å². The van der Waals surface area contributed by atoms with Crippen LogP contribution in [-0.4, -0.2) is 33.0 Å². The van der Waals surface area contributed by atoms with Crippen LogP contribution in [0.15, 0.2) is 48.5 Å². The summed E-state index contributed by atoms with van der Waals surface area (Å²) in [4.78, 5) is 0. The minimum Gasteiger partial charge on any atom is -0.491 e. The number of rotatable bonds is 10. The Bertz CT molecular complexity index is 581. The summed E-state index contributed by atoms with van der Waals surface area (Å²) in [7, 11) is 1.67. The first-order chi connectivity index (χ1) is 11.7. The van der Waals surface area contributed by atoms with Crippen molar-refractivity contribution in [2.75, 3.05) is 32.2 Å². The van der Waals surface area contributed by atoms with E-state index in [1.165, 1.54) is 5.56 Å². The zero-order valence-corrected chi connectivity index (χ0v) is 14.7. The van der Waals surface area contributed by atoms with Crippen molar-refractivity contribution in [2.24, 2.45) is 0 Å². The predicted molar refractivity (Wildman–Crippen MR) is 98.2 cm³/mol. The van der Waals surface area contributed by atoms with Gasteiger partial charge in [-0.15, -0.1) is 0 Å². The molecule has 0 aliphatic carbocycles. The predicted octanol–water partition coefficient (Wildman–Crippen LogP) is 4.29. The molecule has 2 rings (SSSR count). The van der Waals surface area contributed by atoms with Crippen molar-refractivity contribution in [3.63, 3.8) is 0 Å². The van der Waals surface area contributed by atoms with Crippen molar-refractivity contribution in [3.05, 3.63) is 54.1 Å². The molecule has 2 aromatic carbocycles. The van der Waals surface area contributed by atoms with Crippen molar-refractivity contribution < 1.29 is 14.2 Å². The van der Waals surface area contributed by atoms with Crippen molar-refractivity contribution in [1.29, 1.82) is 0 Å². The van der Waals surface area contributed by atoms with E-state index in [9.17, 15) is 0 Å². The van der Waals surface area contributed by atoms with Crippen LogP contribution in [0.1, 0.15) is 18.9 Å². The fourth-order valence-corrected chi connectivity index (χ4v) is 2.22. The lowest BCUT2D eigenvalue weighted by Crippen LogP contribution is -2.25. The molecule has 0 aliphatic rings. The number of hydrogen-bond acceptors (Lipinski definition) is 4. The smallest absolute Gasteiger partial charge is 0.119 e. The number of methoxy groups -OCH3 is 1. The number of aryl methyl sites for hydroxylation is 1. The van der Waals surface area contributed by atoms with Crippen molar-refractivity contribution >= 4 is 5.69 Å². The maximum Gasteiger partial charge on any atom is 0.119 e. The Morgan fingerprint density at radius 2 is 1.58 bits per heavy atom. The van der Waals surface area contributed by atoms with E-state index < -0.39 is 0 Å². The molecule has 0 heterocycles. The zero-order chi connectivity index (χ0) is 17.2. The number of ether oxygens (including phenoxy) is 3. The Hall–Kier alpha value is -2.20. The minimum absolute atomic E-state index is 0.130. The molecule has 0 amide bonds. The van der Waals surface area contributed by atoms with Crippen LogP contribution in [0.5, 0.6) is 11.5 Å². The van der Waals surface area contributed by atoms with Gasteiger partial charge in [-0.1, -0.05) is 24.6 Å². The third-order valence-electron chi connectivity index (χ3n) is 3.72. The van der Waals surface area contributed by atoms with Gasteiger partial charge in [-0.2, -0.15) is 0 Å². The van der Waals surface area contributed by atoms with Crippen LogP contribution in [0.25, 0.3) is 0 Å². The molecule has 24 heavy (non-hydrogen) atoms. The summed E-state index contributed by atoms with van der Waals surface area (Å²) in [5.74, 6) is 1.76. The third kappa shape index (κ3) is 6.13. The second-order valence-corrected chi connectivity index (χ2v) is 5.71. The highest BCUT2D eigenvalue weighted by Gasteiger charge is 2.08. The lowest BCUT2D eigenvalue weighted by atomic mass is 10.2. The monoisotopic (exact) mass is 329 g/mol. The fraction of sp³-hybridized carbons (Fsp3) is 0.400. The van der Waals surface area contributed by atoms with Crippen LogP contribution in [0.4, 0.5) is 5.69 Å². The van der Waals surface area contributed by atoms with E-state index in [1.54, 1.807) is 7.11 Å². The summed E-state index contributed by atoms with van der Waals surface area (Å²) < 4.78 is 16.6. The average Bonchev–Trinajstić information content (AvgIpc) is 2.61. The van der Waals surface area contributed by atoms with Gasteiger partial charge in [0.05, 0.1) is 13.2 Å². The van der Waals surface area contributed by atoms with Crippen molar-refractivity contribution in [2.45, 2.75) is 26.4 Å². The summed E-state index contributed by atoms with van der Waals surface area (Å²) in [5.41, 5.74) is 2.29. The summed E-state index contributed by atoms with van der Waals surface area (Å²) in [6, 6.07) is 16.1. The number of nitrogens with one attached hydrogen (secondary N) is 1. The van der Waals surface area contributed by atoms with Gasteiger partial charge in [0.25, 0.3) is 0 Å². The SMILES string of the molecule is CCC(CNc1ccc(OCCOC)cc1)Oc1ccc(C)cc1. The molecule has 0 aromatic heterocycles. The first kappa shape index (κ1) is 18.1. The number of anilines is 1. The first-order valence-electron chi connectivity index (χ1n) is 8.40. The molecule has 0 saturated heterocycles. The Balaban J connectivity index is 1.80. The normalized spacial score (nSPS) is 11.8. The summed E-state index contributed by atoms with van der Waals surface area (Å²) >= 11 is 0. The Labute approximate surface area is 144 Å². The maximum atomic E-state index is 6.03. The van der Waals surface area contributed by atoms with E-state index in [2.05, 4.69) is 31.3 Å². The quantitative estimate of drug-likeness (QED) is 0.660. The largest absolute Gasteiger partial charge is 0.491 e. The molecule has 0 radical (unpaired) electrons. The molecule has 2 aromatic rings. The standard InChI is InChI=1S/C20H27NO3/c1-4-18(24-20-9-5-16(2)6-10-20)15-21-17-7-11-19(12-8-17)23-14-13-22-3/h5-12,18,21H,4,13-15H2,1-3H3. The molecule has 0 bridgehead atoms. The summed E-state index contributed by atoms with van der Waals surface area (Å²) in [5, 5.41) is 3.42. The molecule has 4 nitrogen and oxygen atoms in total. The van der Waals surface area contributed by atoms with Gasteiger partial charge in [0.2, 0.25) is 0 Å². The van der Waals surface area contributed by atoms with Gasteiger partial charge in [0.1, 0.15) is 24.2 Å². The van der Waals surface area contributed by atoms with E-state index in [1.807, 2.05) is 36.4 Å². The van der Waals surface area contributed by atoms with Crippen molar-refractivity contribution in [3.8, 4) is 11.5 Å². The van der Waals surface area contributed by atoms with Gasteiger partial charge < -0.3 is 19.5 Å². The number of benzene rings is 2. The highest BCUT2D eigenvalue weighted by molar-refractivity contribution is 5.46. The van der Waals surface area contributed by atoms with Crippen LogP contribution in [0, 0.1) is 6.92 Å². The first-order valence-corrected chi connectivity index (χ1v) is 8.40. The van der Waals surface area contributed by atoms with Gasteiger partial charge in [0.15, 0.2) is 0 Å². The zero-order valence-electron chi connectivity index (χ0n) is 14.7. The van der Waals surface area contributed by atoms with Gasteiger partial charge in [0, 0.05) is 12.8 Å². The lowest BCUT2D eigenvalue weighted by molar-refractivity contribution is 0.146. The molecular weight excluding hydrogens is 302 g/mol. The second kappa shape index (κ2) is 9.83. The molecule has 1 atom stereocenters. The van der Waals surface area contributed by atoms with Gasteiger partial charge in [-0.25, -0.2) is 0 Å². The van der Waals surface area contributed by atoms with Crippen LogP contribution in [0.3, 0.4) is 0 Å². The molecule has 1 unspecified atom stereocenters. The van der Waals surface area contributed by atoms with E-state index >= 15 is 0 Å². The summed E-state index contributed by atoms with van der Waals surface area (Å²) in [6.07, 6.45) is 1.07. The third-order valence-corrected chi connectivity index (χ3v) is 3.72. The fourth-order valence-electron chi connectivity index (χ4n) is 2.22. The molecule has 1 N–H and O–H groups in total. The average molecular weight is 329 g/mol. The van der Waals surface area contributed by atoms with Crippen molar-refractivity contribution in [1.82, 2.24) is 0 Å².